The highest BCUT2D eigenvalue weighted by molar-refractivity contribution is 9.10. The van der Waals surface area contributed by atoms with Gasteiger partial charge in [-0.1, -0.05) is 19.9 Å². The fourth-order valence-electron chi connectivity index (χ4n) is 1.65. The number of halogens is 1. The summed E-state index contributed by atoms with van der Waals surface area (Å²) in [4.78, 5) is 15.1. The highest BCUT2D eigenvalue weighted by Gasteiger charge is 2.18. The van der Waals surface area contributed by atoms with Crippen molar-refractivity contribution < 1.29 is 9.90 Å². The second-order valence-corrected chi connectivity index (χ2v) is 4.62. The molecule has 0 unspecified atom stereocenters. The zero-order valence-electron chi connectivity index (χ0n) is 8.94. The number of hydrogen-bond acceptors (Lipinski definition) is 2. The van der Waals surface area contributed by atoms with Crippen molar-refractivity contribution in [3.05, 3.63) is 34.2 Å². The van der Waals surface area contributed by atoms with Crippen LogP contribution in [0.4, 0.5) is 0 Å². The molecule has 0 saturated heterocycles. The number of carboxylic acids is 1. The van der Waals surface area contributed by atoms with Crippen molar-refractivity contribution in [2.75, 3.05) is 0 Å². The summed E-state index contributed by atoms with van der Waals surface area (Å²) >= 11 is 3.26. The van der Waals surface area contributed by atoms with E-state index in [0.29, 0.717) is 16.2 Å². The van der Waals surface area contributed by atoms with E-state index in [2.05, 4.69) is 34.8 Å². The summed E-state index contributed by atoms with van der Waals surface area (Å²) in [5.41, 5.74) is 1.78. The molecule has 2 aromatic rings. The molecule has 4 nitrogen and oxygen atoms in total. The Kier molecular flexibility index (Phi) is 2.71. The van der Waals surface area contributed by atoms with Crippen LogP contribution in [0.1, 0.15) is 35.8 Å². The summed E-state index contributed by atoms with van der Waals surface area (Å²) in [6.07, 6.45) is 1.80. The van der Waals surface area contributed by atoms with Crippen LogP contribution in [-0.2, 0) is 0 Å². The van der Waals surface area contributed by atoms with Gasteiger partial charge in [0.25, 0.3) is 0 Å². The maximum atomic E-state index is 11.0. The summed E-state index contributed by atoms with van der Waals surface area (Å²) < 4.78 is 2.23. The van der Waals surface area contributed by atoms with Gasteiger partial charge < -0.3 is 5.11 Å². The van der Waals surface area contributed by atoms with E-state index < -0.39 is 5.97 Å². The fourth-order valence-corrected chi connectivity index (χ4v) is 2.19. The minimum Gasteiger partial charge on any atom is -0.476 e. The predicted octanol–water partition coefficient (Wildman–Crippen LogP) is 2.92. The normalized spacial score (nSPS) is 11.2. The second-order valence-electron chi connectivity index (χ2n) is 3.87. The maximum Gasteiger partial charge on any atom is 0.357 e. The Morgan fingerprint density at radius 2 is 2.25 bits per heavy atom. The number of carbonyl (C=O) groups is 1. The third-order valence-electron chi connectivity index (χ3n) is 2.45. The first-order valence-corrected chi connectivity index (χ1v) is 5.71. The number of fused-ring (bicyclic) bond motifs is 1. The van der Waals surface area contributed by atoms with Crippen LogP contribution >= 0.6 is 15.9 Å². The summed E-state index contributed by atoms with van der Waals surface area (Å²) in [5.74, 6) is -0.718. The number of hydrogen-bond donors (Lipinski definition) is 1. The van der Waals surface area contributed by atoms with Crippen LogP contribution in [-0.4, -0.2) is 20.5 Å². The Balaban J connectivity index is 2.80. The SMILES string of the molecule is CC(C)c1cccn2c(Br)c(C(=O)O)nc12. The first-order chi connectivity index (χ1) is 7.52. The molecule has 5 heteroatoms. The van der Waals surface area contributed by atoms with Gasteiger partial charge in [-0.05, 0) is 33.5 Å². The zero-order valence-corrected chi connectivity index (χ0v) is 10.5. The van der Waals surface area contributed by atoms with Crippen molar-refractivity contribution in [2.45, 2.75) is 19.8 Å². The molecule has 1 N–H and O–H groups in total. The fraction of sp³-hybridized carbons (Fsp3) is 0.273. The van der Waals surface area contributed by atoms with E-state index in [4.69, 9.17) is 5.11 Å². The number of nitrogens with zero attached hydrogens (tertiary/aromatic N) is 2. The lowest BCUT2D eigenvalue weighted by molar-refractivity contribution is 0.0690. The zero-order chi connectivity index (χ0) is 11.9. The number of carboxylic acid groups (broad SMARTS) is 1. The van der Waals surface area contributed by atoms with Crippen molar-refractivity contribution in [3.63, 3.8) is 0 Å². The van der Waals surface area contributed by atoms with Gasteiger partial charge in [-0.25, -0.2) is 9.78 Å². The molecule has 16 heavy (non-hydrogen) atoms. The maximum absolute atomic E-state index is 11.0. The monoisotopic (exact) mass is 282 g/mol. The first-order valence-electron chi connectivity index (χ1n) is 4.92. The van der Waals surface area contributed by atoms with Gasteiger partial charge in [-0.15, -0.1) is 0 Å². The Labute approximate surface area is 101 Å². The molecule has 84 valence electrons. The molecule has 0 aromatic carbocycles. The van der Waals surface area contributed by atoms with Crippen LogP contribution in [0.15, 0.2) is 22.9 Å². The van der Waals surface area contributed by atoms with Gasteiger partial charge in [-0.3, -0.25) is 4.40 Å². The minimum atomic E-state index is -1.02. The van der Waals surface area contributed by atoms with Crippen LogP contribution in [0.3, 0.4) is 0 Å². The Bertz CT molecular complexity index is 560. The van der Waals surface area contributed by atoms with Crippen molar-refractivity contribution in [2.24, 2.45) is 0 Å². The van der Waals surface area contributed by atoms with Crippen LogP contribution in [0, 0.1) is 0 Å². The van der Waals surface area contributed by atoms with Gasteiger partial charge in [0.2, 0.25) is 0 Å². The summed E-state index contributed by atoms with van der Waals surface area (Å²) in [7, 11) is 0. The number of rotatable bonds is 2. The van der Waals surface area contributed by atoms with Crippen LogP contribution in [0.5, 0.6) is 0 Å². The second kappa shape index (κ2) is 3.90. The third kappa shape index (κ3) is 1.61. The molecule has 0 radical (unpaired) electrons. The molecule has 0 aliphatic carbocycles. The van der Waals surface area contributed by atoms with E-state index in [9.17, 15) is 4.79 Å². The Hall–Kier alpha value is -1.36. The smallest absolute Gasteiger partial charge is 0.357 e. The molecular weight excluding hydrogens is 272 g/mol. The number of imidazole rings is 1. The number of aromatic nitrogens is 2. The summed E-state index contributed by atoms with van der Waals surface area (Å²) in [6.45, 7) is 4.11. The van der Waals surface area contributed by atoms with Crippen molar-refractivity contribution in [1.82, 2.24) is 9.38 Å². The standard InChI is InChI=1S/C11H11BrN2O2/c1-6(2)7-4-3-5-14-9(12)8(11(15)16)13-10(7)14/h3-6H,1-2H3,(H,15,16). The molecule has 0 bridgehead atoms. The largest absolute Gasteiger partial charge is 0.476 e. The van der Waals surface area contributed by atoms with Gasteiger partial charge in [0.1, 0.15) is 10.3 Å². The van der Waals surface area contributed by atoms with E-state index in [1.165, 1.54) is 0 Å². The lowest BCUT2D eigenvalue weighted by atomic mass is 10.1. The Morgan fingerprint density at radius 1 is 1.56 bits per heavy atom. The van der Waals surface area contributed by atoms with Crippen LogP contribution in [0.2, 0.25) is 0 Å². The highest BCUT2D eigenvalue weighted by atomic mass is 79.9. The van der Waals surface area contributed by atoms with E-state index in [-0.39, 0.29) is 5.69 Å². The predicted molar refractivity (Wildman–Crippen MR) is 63.9 cm³/mol. The average Bonchev–Trinajstić information content (AvgIpc) is 2.56. The molecule has 2 heterocycles. The van der Waals surface area contributed by atoms with Gasteiger partial charge in [0.15, 0.2) is 5.69 Å². The molecule has 2 rings (SSSR count). The highest BCUT2D eigenvalue weighted by Crippen LogP contribution is 2.25. The average molecular weight is 283 g/mol. The van der Waals surface area contributed by atoms with Gasteiger partial charge in [0, 0.05) is 6.20 Å². The molecule has 0 atom stereocenters. The van der Waals surface area contributed by atoms with Crippen LogP contribution < -0.4 is 0 Å². The van der Waals surface area contributed by atoms with Crippen molar-refractivity contribution in [1.29, 1.82) is 0 Å². The molecule has 0 aliphatic heterocycles. The van der Waals surface area contributed by atoms with E-state index in [1.54, 1.807) is 10.6 Å². The Morgan fingerprint density at radius 3 is 2.81 bits per heavy atom. The molecule has 0 spiro atoms. The topological polar surface area (TPSA) is 54.6 Å². The van der Waals surface area contributed by atoms with E-state index in [1.807, 2.05) is 12.1 Å². The first kappa shape index (κ1) is 11.1. The quantitative estimate of drug-likeness (QED) is 0.922. The van der Waals surface area contributed by atoms with Gasteiger partial charge in [-0.2, -0.15) is 0 Å². The molecule has 0 amide bonds. The van der Waals surface area contributed by atoms with Crippen molar-refractivity contribution in [3.8, 4) is 0 Å². The van der Waals surface area contributed by atoms with Crippen molar-refractivity contribution >= 4 is 27.5 Å². The molecule has 0 aliphatic rings. The minimum absolute atomic E-state index is 0.0492. The lowest BCUT2D eigenvalue weighted by Gasteiger charge is -2.06. The number of pyridine rings is 1. The summed E-state index contributed by atoms with van der Waals surface area (Å²) in [6, 6.07) is 3.85. The molecule has 2 aromatic heterocycles. The van der Waals surface area contributed by atoms with Gasteiger partial charge >= 0.3 is 5.97 Å². The third-order valence-corrected chi connectivity index (χ3v) is 3.20. The molecular formula is C11H11BrN2O2. The number of aromatic carboxylic acids is 1. The van der Waals surface area contributed by atoms with Gasteiger partial charge in [0.05, 0.1) is 0 Å². The molecule has 0 saturated carbocycles. The van der Waals surface area contributed by atoms with E-state index >= 15 is 0 Å². The molecule has 0 fully saturated rings. The van der Waals surface area contributed by atoms with E-state index in [0.717, 1.165) is 5.56 Å². The summed E-state index contributed by atoms with van der Waals surface area (Å²) in [5, 5.41) is 8.99. The van der Waals surface area contributed by atoms with Crippen LogP contribution in [0.25, 0.3) is 5.65 Å². The lowest BCUT2D eigenvalue weighted by Crippen LogP contribution is -1.97.